The third kappa shape index (κ3) is 6.94. The van der Waals surface area contributed by atoms with E-state index in [9.17, 15) is 18.8 Å². The molecular formula is C23H35FN4O3. The van der Waals surface area contributed by atoms with E-state index >= 15 is 0 Å². The van der Waals surface area contributed by atoms with Gasteiger partial charge in [0.15, 0.2) is 0 Å². The molecule has 2 N–H and O–H groups in total. The van der Waals surface area contributed by atoms with Crippen molar-refractivity contribution < 1.29 is 18.8 Å². The van der Waals surface area contributed by atoms with Crippen molar-refractivity contribution in [1.82, 2.24) is 20.4 Å². The Morgan fingerprint density at radius 2 is 1.65 bits per heavy atom. The molecule has 0 saturated carbocycles. The molecular weight excluding hydrogens is 399 g/mol. The van der Waals surface area contributed by atoms with Crippen LogP contribution in [0.3, 0.4) is 0 Å². The Balaban J connectivity index is 2.12. The number of carbonyl (C=O) groups excluding carboxylic acids is 3. The number of amides is 4. The highest BCUT2D eigenvalue weighted by Crippen LogP contribution is 2.23. The van der Waals surface area contributed by atoms with Gasteiger partial charge in [-0.2, -0.15) is 0 Å². The summed E-state index contributed by atoms with van der Waals surface area (Å²) >= 11 is 0. The molecule has 1 aliphatic rings. The second-order valence-electron chi connectivity index (χ2n) is 8.97. The molecule has 31 heavy (non-hydrogen) atoms. The Hall–Kier alpha value is -2.64. The number of urea groups is 1. The molecule has 1 aromatic carbocycles. The van der Waals surface area contributed by atoms with Crippen LogP contribution in [0.1, 0.15) is 57.8 Å². The van der Waals surface area contributed by atoms with Gasteiger partial charge >= 0.3 is 6.03 Å². The molecule has 2 rings (SSSR count). The van der Waals surface area contributed by atoms with E-state index in [0.29, 0.717) is 44.6 Å². The predicted molar refractivity (Wildman–Crippen MR) is 118 cm³/mol. The minimum Gasteiger partial charge on any atom is -0.341 e. The average molecular weight is 435 g/mol. The topological polar surface area (TPSA) is 81.8 Å². The van der Waals surface area contributed by atoms with E-state index in [1.165, 1.54) is 24.3 Å². The van der Waals surface area contributed by atoms with E-state index in [2.05, 4.69) is 10.6 Å². The summed E-state index contributed by atoms with van der Waals surface area (Å²) in [6.07, 6.45) is 1.22. The van der Waals surface area contributed by atoms with Gasteiger partial charge in [0.05, 0.1) is 0 Å². The number of rotatable bonds is 6. The first-order valence-electron chi connectivity index (χ1n) is 11.0. The van der Waals surface area contributed by atoms with E-state index in [1.807, 2.05) is 34.6 Å². The number of halogens is 1. The Labute approximate surface area is 184 Å². The van der Waals surface area contributed by atoms with Gasteiger partial charge in [0.25, 0.3) is 5.91 Å². The molecule has 0 bridgehead atoms. The van der Waals surface area contributed by atoms with E-state index < -0.39 is 17.8 Å². The molecule has 7 nitrogen and oxygen atoms in total. The summed E-state index contributed by atoms with van der Waals surface area (Å²) in [5.41, 5.74) is -0.0149. The van der Waals surface area contributed by atoms with Crippen molar-refractivity contribution in [3.8, 4) is 0 Å². The summed E-state index contributed by atoms with van der Waals surface area (Å²) in [5.74, 6) is -1.04. The number of nitrogens with one attached hydrogen (secondary N) is 2. The maximum atomic E-state index is 13.2. The molecule has 1 fully saturated rings. The molecule has 0 radical (unpaired) electrons. The van der Waals surface area contributed by atoms with Crippen molar-refractivity contribution in [2.24, 2.45) is 5.92 Å². The molecule has 0 aliphatic carbocycles. The van der Waals surface area contributed by atoms with E-state index in [0.717, 1.165) is 0 Å². The van der Waals surface area contributed by atoms with Gasteiger partial charge in [-0.3, -0.25) is 9.59 Å². The molecule has 8 heteroatoms. The third-order valence-electron chi connectivity index (χ3n) is 5.51. The van der Waals surface area contributed by atoms with Crippen LogP contribution >= 0.6 is 0 Å². The van der Waals surface area contributed by atoms with E-state index in [1.54, 1.807) is 9.80 Å². The van der Waals surface area contributed by atoms with Gasteiger partial charge < -0.3 is 20.4 Å². The zero-order valence-electron chi connectivity index (χ0n) is 19.2. The smallest absolute Gasteiger partial charge is 0.317 e. The Morgan fingerprint density at radius 1 is 1.10 bits per heavy atom. The monoisotopic (exact) mass is 434 g/mol. The van der Waals surface area contributed by atoms with Crippen LogP contribution in [0.5, 0.6) is 0 Å². The SMILES string of the molecule is CCN(CC)C(=O)[C@@H](NC(=O)c1ccc(F)cc1)C1CCN(C(=O)NC(C)(C)C)CC1. The average Bonchev–Trinajstić information content (AvgIpc) is 2.72. The lowest BCUT2D eigenvalue weighted by atomic mass is 9.88. The standard InChI is InChI=1S/C23H35FN4O3/c1-6-27(7-2)21(30)19(25-20(29)17-8-10-18(24)11-9-17)16-12-14-28(15-13-16)22(31)26-23(3,4)5/h8-11,16,19H,6-7,12-15H2,1-5H3,(H,25,29)(H,26,31)/t19-/m0/s1. The van der Waals surface area contributed by atoms with Gasteiger partial charge in [-0.05, 0) is 77.6 Å². The molecule has 1 atom stereocenters. The third-order valence-corrected chi connectivity index (χ3v) is 5.51. The molecule has 4 amide bonds. The molecule has 0 unspecified atom stereocenters. The second kappa shape index (κ2) is 10.6. The predicted octanol–water partition coefficient (Wildman–Crippen LogP) is 3.01. The van der Waals surface area contributed by atoms with Crippen LogP contribution in [0.25, 0.3) is 0 Å². The maximum Gasteiger partial charge on any atom is 0.317 e. The molecule has 0 aromatic heterocycles. The van der Waals surface area contributed by atoms with Gasteiger partial charge in [0, 0.05) is 37.3 Å². The normalized spacial score (nSPS) is 15.9. The van der Waals surface area contributed by atoms with Crippen LogP contribution in [-0.4, -0.2) is 65.4 Å². The summed E-state index contributed by atoms with van der Waals surface area (Å²) in [7, 11) is 0. The van der Waals surface area contributed by atoms with Crippen molar-refractivity contribution in [2.75, 3.05) is 26.2 Å². The fraction of sp³-hybridized carbons (Fsp3) is 0.609. The lowest BCUT2D eigenvalue weighted by molar-refractivity contribution is -0.134. The summed E-state index contributed by atoms with van der Waals surface area (Å²) in [6, 6.07) is 4.45. The van der Waals surface area contributed by atoms with Gasteiger partial charge in [0.1, 0.15) is 11.9 Å². The van der Waals surface area contributed by atoms with Crippen LogP contribution in [-0.2, 0) is 4.79 Å². The fourth-order valence-corrected chi connectivity index (χ4v) is 3.77. The van der Waals surface area contributed by atoms with Crippen LogP contribution in [0, 0.1) is 11.7 Å². The van der Waals surface area contributed by atoms with Gasteiger partial charge in [-0.1, -0.05) is 0 Å². The number of likely N-dealkylation sites (N-methyl/N-ethyl adjacent to an activating group) is 1. The fourth-order valence-electron chi connectivity index (χ4n) is 3.77. The highest BCUT2D eigenvalue weighted by atomic mass is 19.1. The van der Waals surface area contributed by atoms with Crippen molar-refractivity contribution in [3.63, 3.8) is 0 Å². The molecule has 1 heterocycles. The van der Waals surface area contributed by atoms with Crippen molar-refractivity contribution in [3.05, 3.63) is 35.6 Å². The van der Waals surface area contributed by atoms with Crippen LogP contribution in [0.4, 0.5) is 9.18 Å². The number of piperidine rings is 1. The summed E-state index contributed by atoms with van der Waals surface area (Å²) in [6.45, 7) is 11.7. The maximum absolute atomic E-state index is 13.2. The zero-order chi connectivity index (χ0) is 23.2. The largest absolute Gasteiger partial charge is 0.341 e. The van der Waals surface area contributed by atoms with Gasteiger partial charge in [-0.15, -0.1) is 0 Å². The van der Waals surface area contributed by atoms with E-state index in [4.69, 9.17) is 0 Å². The van der Waals surface area contributed by atoms with Crippen LogP contribution in [0.15, 0.2) is 24.3 Å². The lowest BCUT2D eigenvalue weighted by Gasteiger charge is -2.38. The zero-order valence-corrected chi connectivity index (χ0v) is 19.2. The number of hydrogen-bond donors (Lipinski definition) is 2. The quantitative estimate of drug-likeness (QED) is 0.722. The Bertz CT molecular complexity index is 764. The first-order chi connectivity index (χ1) is 14.6. The summed E-state index contributed by atoms with van der Waals surface area (Å²) < 4.78 is 13.2. The van der Waals surface area contributed by atoms with Crippen molar-refractivity contribution >= 4 is 17.8 Å². The first-order valence-corrected chi connectivity index (χ1v) is 11.0. The van der Waals surface area contributed by atoms with Crippen LogP contribution < -0.4 is 10.6 Å². The number of hydrogen-bond acceptors (Lipinski definition) is 3. The molecule has 172 valence electrons. The van der Waals surface area contributed by atoms with Crippen molar-refractivity contribution in [1.29, 1.82) is 0 Å². The molecule has 1 aromatic rings. The number of likely N-dealkylation sites (tertiary alicyclic amines) is 1. The minimum atomic E-state index is -0.690. The molecule has 1 saturated heterocycles. The number of benzene rings is 1. The van der Waals surface area contributed by atoms with Gasteiger partial charge in [0.2, 0.25) is 5.91 Å². The highest BCUT2D eigenvalue weighted by molar-refractivity contribution is 5.97. The number of nitrogens with zero attached hydrogens (tertiary/aromatic N) is 2. The number of carbonyl (C=O) groups is 3. The minimum absolute atomic E-state index is 0.0869. The lowest BCUT2D eigenvalue weighted by Crippen LogP contribution is -2.56. The highest BCUT2D eigenvalue weighted by Gasteiger charge is 2.36. The molecule has 0 spiro atoms. The second-order valence-corrected chi connectivity index (χ2v) is 8.97. The first kappa shape index (κ1) is 24.6. The Kier molecular flexibility index (Phi) is 8.42. The van der Waals surface area contributed by atoms with Crippen molar-refractivity contribution in [2.45, 2.75) is 59.0 Å². The van der Waals surface area contributed by atoms with Crippen LogP contribution in [0.2, 0.25) is 0 Å². The van der Waals surface area contributed by atoms with Gasteiger partial charge in [-0.25, -0.2) is 9.18 Å². The van der Waals surface area contributed by atoms with E-state index in [-0.39, 0.29) is 23.4 Å². The summed E-state index contributed by atoms with van der Waals surface area (Å²) in [5, 5.41) is 5.84. The summed E-state index contributed by atoms with van der Waals surface area (Å²) in [4.78, 5) is 41.9. The Morgan fingerprint density at radius 3 is 2.13 bits per heavy atom. The molecule has 1 aliphatic heterocycles.